The number of nitriles is 1. The molecule has 0 amide bonds. The van der Waals surface area contributed by atoms with Gasteiger partial charge in [-0.1, -0.05) is 6.92 Å². The Morgan fingerprint density at radius 3 is 2.92 bits per heavy atom. The summed E-state index contributed by atoms with van der Waals surface area (Å²) >= 11 is 0. The summed E-state index contributed by atoms with van der Waals surface area (Å²) < 4.78 is 11.1. The van der Waals surface area contributed by atoms with Crippen molar-refractivity contribution in [3.63, 3.8) is 0 Å². The quantitative estimate of drug-likeness (QED) is 0.541. The van der Waals surface area contributed by atoms with Crippen LogP contribution in [0.5, 0.6) is 0 Å². The number of nitrogens with two attached hydrogens (primary N) is 1. The number of carbonyl (C=O) groups excluding carboxylic acids is 1. The maximum absolute atomic E-state index is 12.0. The van der Waals surface area contributed by atoms with Crippen molar-refractivity contribution in [3.8, 4) is 6.07 Å². The summed E-state index contributed by atoms with van der Waals surface area (Å²) in [7, 11) is 0. The van der Waals surface area contributed by atoms with Crippen molar-refractivity contribution in [3.05, 3.63) is 22.7 Å². The predicted molar refractivity (Wildman–Crippen MR) is 79.3 cm³/mol. The van der Waals surface area contributed by atoms with Gasteiger partial charge in [-0.05, 0) is 12.5 Å². The van der Waals surface area contributed by atoms with Crippen LogP contribution in [0.3, 0.4) is 0 Å². The summed E-state index contributed by atoms with van der Waals surface area (Å²) in [4.78, 5) is 26.8. The average molecular weight is 338 g/mol. The molecule has 2 rings (SSSR count). The Labute approximate surface area is 137 Å². The molecule has 10 heteroatoms. The van der Waals surface area contributed by atoms with Crippen molar-refractivity contribution in [2.24, 2.45) is 0 Å². The van der Waals surface area contributed by atoms with E-state index in [1.54, 1.807) is 13.0 Å². The Hall–Kier alpha value is -2.48. The van der Waals surface area contributed by atoms with Crippen molar-refractivity contribution in [1.29, 1.82) is 5.26 Å². The minimum absolute atomic E-state index is 0.0672. The van der Waals surface area contributed by atoms with Crippen LogP contribution >= 0.6 is 0 Å². The fourth-order valence-corrected chi connectivity index (χ4v) is 2.40. The Kier molecular flexibility index (Phi) is 5.18. The van der Waals surface area contributed by atoms with Crippen LogP contribution in [0.15, 0.2) is 17.1 Å². The molecule has 2 heterocycles. The van der Waals surface area contributed by atoms with Gasteiger partial charge >= 0.3 is 11.7 Å². The second-order valence-corrected chi connectivity index (χ2v) is 5.34. The van der Waals surface area contributed by atoms with E-state index in [0.29, 0.717) is 6.42 Å². The number of ether oxygens (including phenoxy) is 2. The molecule has 1 aliphatic heterocycles. The summed E-state index contributed by atoms with van der Waals surface area (Å²) in [5, 5.41) is 29.8. The Bertz CT molecular complexity index is 714. The van der Waals surface area contributed by atoms with Crippen molar-refractivity contribution in [2.75, 3.05) is 12.3 Å². The first kappa shape index (κ1) is 17.9. The number of anilines is 1. The molecule has 10 nitrogen and oxygen atoms in total. The standard InChI is InChI=1S/C14H18N4O6/c1-2-3-10(19)23-6-8-11(20)12(21)14(7-15,24-8)18-5-4-9(16)17-13(18)22/h4-5,8,11-12,20-21H,2-3,6H2,1H3,(H2,16,17,22). The Morgan fingerprint density at radius 1 is 1.62 bits per heavy atom. The van der Waals surface area contributed by atoms with Crippen molar-refractivity contribution >= 4 is 11.8 Å². The number of aromatic nitrogens is 2. The first-order valence-corrected chi connectivity index (χ1v) is 7.32. The highest BCUT2D eigenvalue weighted by Gasteiger charge is 2.57. The van der Waals surface area contributed by atoms with Gasteiger partial charge in [0.25, 0.3) is 5.72 Å². The highest BCUT2D eigenvalue weighted by molar-refractivity contribution is 5.69. The molecular formula is C14H18N4O6. The van der Waals surface area contributed by atoms with Crippen molar-refractivity contribution in [2.45, 2.75) is 43.8 Å². The lowest BCUT2D eigenvalue weighted by Gasteiger charge is -2.26. The molecule has 0 spiro atoms. The molecule has 24 heavy (non-hydrogen) atoms. The van der Waals surface area contributed by atoms with Gasteiger partial charge in [0.1, 0.15) is 36.8 Å². The smallest absolute Gasteiger partial charge is 0.352 e. The largest absolute Gasteiger partial charge is 0.463 e. The molecular weight excluding hydrogens is 320 g/mol. The zero-order chi connectivity index (χ0) is 17.9. The van der Waals surface area contributed by atoms with Crippen LogP contribution in [0.25, 0.3) is 0 Å². The van der Waals surface area contributed by atoms with Crippen LogP contribution in [0.4, 0.5) is 5.82 Å². The molecule has 0 aliphatic carbocycles. The number of aliphatic hydroxyl groups is 2. The van der Waals surface area contributed by atoms with Crippen LogP contribution in [-0.4, -0.2) is 50.7 Å². The van der Waals surface area contributed by atoms with E-state index in [4.69, 9.17) is 15.2 Å². The van der Waals surface area contributed by atoms with Gasteiger partial charge in [-0.15, -0.1) is 0 Å². The average Bonchev–Trinajstić information content (AvgIpc) is 2.78. The van der Waals surface area contributed by atoms with Gasteiger partial charge in [0.05, 0.1) is 0 Å². The summed E-state index contributed by atoms with van der Waals surface area (Å²) in [5.74, 6) is -0.564. The lowest BCUT2D eigenvalue weighted by molar-refractivity contribution is -0.153. The number of carbonyl (C=O) groups is 1. The van der Waals surface area contributed by atoms with E-state index in [-0.39, 0.29) is 18.8 Å². The summed E-state index contributed by atoms with van der Waals surface area (Å²) in [6.07, 6.45) is -2.55. The van der Waals surface area contributed by atoms with Crippen LogP contribution in [0.1, 0.15) is 19.8 Å². The maximum atomic E-state index is 12.0. The van der Waals surface area contributed by atoms with E-state index >= 15 is 0 Å². The van der Waals surface area contributed by atoms with E-state index in [0.717, 1.165) is 10.8 Å². The molecule has 1 aromatic rings. The van der Waals surface area contributed by atoms with E-state index in [9.17, 15) is 25.1 Å². The van der Waals surface area contributed by atoms with E-state index < -0.39 is 35.7 Å². The van der Waals surface area contributed by atoms with Gasteiger partial charge in [0.15, 0.2) is 0 Å². The molecule has 1 aromatic heterocycles. The normalized spacial score (nSPS) is 29.2. The Morgan fingerprint density at radius 2 is 2.33 bits per heavy atom. The van der Waals surface area contributed by atoms with Crippen LogP contribution < -0.4 is 11.4 Å². The van der Waals surface area contributed by atoms with Gasteiger partial charge in [0, 0.05) is 12.6 Å². The second-order valence-electron chi connectivity index (χ2n) is 5.34. The number of aliphatic hydroxyl groups excluding tert-OH is 2. The zero-order valence-corrected chi connectivity index (χ0v) is 13.0. The highest BCUT2D eigenvalue weighted by Crippen LogP contribution is 2.34. The van der Waals surface area contributed by atoms with Gasteiger partial charge in [-0.2, -0.15) is 10.2 Å². The second kappa shape index (κ2) is 6.96. The fourth-order valence-electron chi connectivity index (χ4n) is 2.40. The third kappa shape index (κ3) is 3.09. The zero-order valence-electron chi connectivity index (χ0n) is 13.0. The number of esters is 1. The topological polar surface area (TPSA) is 161 Å². The molecule has 0 bridgehead atoms. The highest BCUT2D eigenvalue weighted by atomic mass is 16.6. The van der Waals surface area contributed by atoms with Gasteiger partial charge in [-0.3, -0.25) is 9.36 Å². The molecule has 0 saturated carbocycles. The number of hydrogen-bond acceptors (Lipinski definition) is 9. The number of rotatable bonds is 5. The first-order chi connectivity index (χ1) is 11.4. The minimum Gasteiger partial charge on any atom is -0.463 e. The van der Waals surface area contributed by atoms with Crippen LogP contribution in [-0.2, 0) is 20.0 Å². The van der Waals surface area contributed by atoms with E-state index in [2.05, 4.69) is 4.98 Å². The number of hydrogen-bond donors (Lipinski definition) is 3. The molecule has 4 unspecified atom stereocenters. The molecule has 1 aliphatic rings. The monoisotopic (exact) mass is 338 g/mol. The summed E-state index contributed by atoms with van der Waals surface area (Å²) in [5.41, 5.74) is 2.27. The van der Waals surface area contributed by atoms with Gasteiger partial charge in [0.2, 0.25) is 0 Å². The molecule has 1 fully saturated rings. The third-order valence-corrected chi connectivity index (χ3v) is 3.64. The summed E-state index contributed by atoms with van der Waals surface area (Å²) in [6.45, 7) is 1.44. The van der Waals surface area contributed by atoms with Crippen molar-refractivity contribution < 1.29 is 24.5 Å². The molecule has 4 N–H and O–H groups in total. The molecule has 1 saturated heterocycles. The molecule has 130 valence electrons. The van der Waals surface area contributed by atoms with Gasteiger partial charge in [-0.25, -0.2) is 4.79 Å². The predicted octanol–water partition coefficient (Wildman–Crippen LogP) is -1.53. The lowest BCUT2D eigenvalue weighted by Crippen LogP contribution is -2.49. The number of nitrogen functional groups attached to an aromatic ring is 1. The van der Waals surface area contributed by atoms with Crippen molar-refractivity contribution in [1.82, 2.24) is 9.55 Å². The molecule has 0 aromatic carbocycles. The maximum Gasteiger partial charge on any atom is 0.352 e. The fraction of sp³-hybridized carbons (Fsp3) is 0.571. The first-order valence-electron chi connectivity index (χ1n) is 7.32. The van der Waals surface area contributed by atoms with Crippen LogP contribution in [0.2, 0.25) is 0 Å². The van der Waals surface area contributed by atoms with E-state index in [1.807, 2.05) is 0 Å². The number of nitrogens with zero attached hydrogens (tertiary/aromatic N) is 3. The van der Waals surface area contributed by atoms with Gasteiger partial charge < -0.3 is 25.4 Å². The summed E-state index contributed by atoms with van der Waals surface area (Å²) in [6, 6.07) is 2.93. The third-order valence-electron chi connectivity index (χ3n) is 3.64. The SMILES string of the molecule is CCCC(=O)OCC1OC(C#N)(n2ccc(N)nc2=O)C(O)C1O. The minimum atomic E-state index is -2.20. The molecule has 0 radical (unpaired) electrons. The molecule has 4 atom stereocenters. The lowest BCUT2D eigenvalue weighted by atomic mass is 10.0. The van der Waals surface area contributed by atoms with E-state index in [1.165, 1.54) is 6.07 Å². The van der Waals surface area contributed by atoms with Crippen LogP contribution in [0, 0.1) is 11.3 Å². The Balaban J connectivity index is 2.27.